The van der Waals surface area contributed by atoms with Gasteiger partial charge in [-0.3, -0.25) is 0 Å². The summed E-state index contributed by atoms with van der Waals surface area (Å²) in [6.45, 7) is 6.05. The highest BCUT2D eigenvalue weighted by Gasteiger charge is 2.16. The van der Waals surface area contributed by atoms with Gasteiger partial charge in [0, 0.05) is 6.07 Å². The lowest BCUT2D eigenvalue weighted by atomic mass is 10.0. The number of hydrogen-bond donors (Lipinski definition) is 1. The van der Waals surface area contributed by atoms with E-state index in [9.17, 15) is 4.79 Å². The molecular formula is C15H17NO3. The van der Waals surface area contributed by atoms with E-state index in [0.29, 0.717) is 5.75 Å². The first-order chi connectivity index (χ1) is 8.97. The van der Waals surface area contributed by atoms with Crippen molar-refractivity contribution in [1.29, 1.82) is 0 Å². The van der Waals surface area contributed by atoms with Gasteiger partial charge in [-0.2, -0.15) is 0 Å². The number of benzene rings is 1. The molecule has 0 amide bonds. The summed E-state index contributed by atoms with van der Waals surface area (Å²) < 4.78 is 10.5. The monoisotopic (exact) mass is 259 g/mol. The minimum Gasteiger partial charge on any atom is -0.434 e. The van der Waals surface area contributed by atoms with Crippen LogP contribution in [0.1, 0.15) is 41.4 Å². The molecule has 1 heterocycles. The molecule has 0 radical (unpaired) electrons. The molecule has 4 nitrogen and oxygen atoms in total. The van der Waals surface area contributed by atoms with Gasteiger partial charge in [0.25, 0.3) is 0 Å². The molecule has 100 valence electrons. The largest absolute Gasteiger partial charge is 0.434 e. The SMILES string of the molecule is Cc1ccc(C(C)C)c(OC(=O)c2ccc(N)o2)c1. The first-order valence-corrected chi connectivity index (χ1v) is 6.15. The number of anilines is 1. The standard InChI is InChI=1S/C15H17NO3/c1-9(2)11-5-4-10(3)8-13(11)19-15(17)12-6-7-14(16)18-12/h4-9H,16H2,1-3H3. The maximum Gasteiger partial charge on any atom is 0.379 e. The number of ether oxygens (including phenoxy) is 1. The molecule has 4 heteroatoms. The summed E-state index contributed by atoms with van der Waals surface area (Å²) in [5, 5.41) is 0. The zero-order chi connectivity index (χ0) is 14.0. The van der Waals surface area contributed by atoms with Crippen LogP contribution in [0.3, 0.4) is 0 Å². The molecule has 1 aromatic carbocycles. The number of furan rings is 1. The molecule has 0 aliphatic rings. The zero-order valence-electron chi connectivity index (χ0n) is 11.3. The molecule has 0 atom stereocenters. The van der Waals surface area contributed by atoms with Crippen molar-refractivity contribution >= 4 is 11.9 Å². The Bertz CT molecular complexity index is 599. The first kappa shape index (κ1) is 13.2. The summed E-state index contributed by atoms with van der Waals surface area (Å²) in [5.74, 6) is 0.596. The van der Waals surface area contributed by atoms with Crippen molar-refractivity contribution in [2.24, 2.45) is 0 Å². The molecular weight excluding hydrogens is 242 g/mol. The maximum absolute atomic E-state index is 11.9. The Hall–Kier alpha value is -2.23. The fraction of sp³-hybridized carbons (Fsp3) is 0.267. The van der Waals surface area contributed by atoms with E-state index in [-0.39, 0.29) is 17.6 Å². The van der Waals surface area contributed by atoms with Gasteiger partial charge in [-0.1, -0.05) is 26.0 Å². The van der Waals surface area contributed by atoms with E-state index in [2.05, 4.69) is 0 Å². The van der Waals surface area contributed by atoms with E-state index in [0.717, 1.165) is 11.1 Å². The van der Waals surface area contributed by atoms with Crippen molar-refractivity contribution in [3.63, 3.8) is 0 Å². The number of hydrogen-bond acceptors (Lipinski definition) is 4. The highest BCUT2D eigenvalue weighted by molar-refractivity contribution is 5.88. The Morgan fingerprint density at radius 1 is 1.26 bits per heavy atom. The summed E-state index contributed by atoms with van der Waals surface area (Å²) in [6, 6.07) is 8.84. The van der Waals surface area contributed by atoms with Gasteiger partial charge in [-0.05, 0) is 36.1 Å². The van der Waals surface area contributed by atoms with E-state index in [1.807, 2.05) is 39.0 Å². The lowest BCUT2D eigenvalue weighted by Gasteiger charge is -2.12. The molecule has 0 aliphatic carbocycles. The van der Waals surface area contributed by atoms with Gasteiger partial charge < -0.3 is 14.9 Å². The van der Waals surface area contributed by atoms with Crippen molar-refractivity contribution in [3.8, 4) is 5.75 Å². The fourth-order valence-corrected chi connectivity index (χ4v) is 1.82. The summed E-state index contributed by atoms with van der Waals surface area (Å²) in [4.78, 5) is 11.9. The third-order valence-electron chi connectivity index (χ3n) is 2.82. The molecule has 0 saturated heterocycles. The van der Waals surface area contributed by atoms with E-state index in [1.165, 1.54) is 12.1 Å². The Morgan fingerprint density at radius 3 is 2.58 bits per heavy atom. The third kappa shape index (κ3) is 2.96. The summed E-state index contributed by atoms with van der Waals surface area (Å²) in [6.07, 6.45) is 0. The predicted molar refractivity (Wildman–Crippen MR) is 73.3 cm³/mol. The molecule has 0 bridgehead atoms. The second-order valence-electron chi connectivity index (χ2n) is 4.79. The van der Waals surface area contributed by atoms with E-state index in [1.54, 1.807) is 0 Å². The third-order valence-corrected chi connectivity index (χ3v) is 2.82. The molecule has 0 fully saturated rings. The number of aryl methyl sites for hydroxylation is 1. The minimum atomic E-state index is -0.538. The van der Waals surface area contributed by atoms with Crippen LogP contribution in [0.4, 0.5) is 5.88 Å². The molecule has 0 saturated carbocycles. The Labute approximate surface area is 112 Å². The summed E-state index contributed by atoms with van der Waals surface area (Å²) in [5.41, 5.74) is 7.46. The zero-order valence-corrected chi connectivity index (χ0v) is 11.3. The van der Waals surface area contributed by atoms with Gasteiger partial charge in [0.1, 0.15) is 5.75 Å². The highest BCUT2D eigenvalue weighted by atomic mass is 16.5. The van der Waals surface area contributed by atoms with Gasteiger partial charge in [-0.25, -0.2) is 4.79 Å². The maximum atomic E-state index is 11.9. The van der Waals surface area contributed by atoms with Crippen LogP contribution in [0, 0.1) is 6.92 Å². The van der Waals surface area contributed by atoms with Crippen LogP contribution in [0.25, 0.3) is 0 Å². The lowest BCUT2D eigenvalue weighted by molar-refractivity contribution is 0.0700. The molecule has 1 aromatic heterocycles. The van der Waals surface area contributed by atoms with Crippen molar-refractivity contribution in [2.75, 3.05) is 5.73 Å². The van der Waals surface area contributed by atoms with Gasteiger partial charge in [0.15, 0.2) is 5.88 Å². The quantitative estimate of drug-likeness (QED) is 0.676. The Kier molecular flexibility index (Phi) is 3.60. The van der Waals surface area contributed by atoms with Crippen LogP contribution >= 0.6 is 0 Å². The average Bonchev–Trinajstić information content (AvgIpc) is 2.75. The second-order valence-corrected chi connectivity index (χ2v) is 4.79. The lowest BCUT2D eigenvalue weighted by Crippen LogP contribution is -2.09. The van der Waals surface area contributed by atoms with Crippen molar-refractivity contribution in [2.45, 2.75) is 26.7 Å². The molecule has 0 spiro atoms. The van der Waals surface area contributed by atoms with Crippen LogP contribution in [0.15, 0.2) is 34.7 Å². The Balaban J connectivity index is 2.27. The number of nitrogen functional groups attached to an aromatic ring is 1. The summed E-state index contributed by atoms with van der Waals surface area (Å²) in [7, 11) is 0. The molecule has 0 unspecified atom stereocenters. The van der Waals surface area contributed by atoms with Crippen LogP contribution in [0.2, 0.25) is 0 Å². The Morgan fingerprint density at radius 2 is 2.00 bits per heavy atom. The molecule has 2 N–H and O–H groups in total. The second kappa shape index (κ2) is 5.18. The van der Waals surface area contributed by atoms with E-state index < -0.39 is 5.97 Å². The summed E-state index contributed by atoms with van der Waals surface area (Å²) >= 11 is 0. The minimum absolute atomic E-state index is 0.105. The van der Waals surface area contributed by atoms with Gasteiger partial charge in [0.2, 0.25) is 5.76 Å². The highest BCUT2D eigenvalue weighted by Crippen LogP contribution is 2.28. The molecule has 2 rings (SSSR count). The molecule has 19 heavy (non-hydrogen) atoms. The molecule has 2 aromatic rings. The van der Waals surface area contributed by atoms with Gasteiger partial charge >= 0.3 is 5.97 Å². The van der Waals surface area contributed by atoms with E-state index in [4.69, 9.17) is 14.9 Å². The average molecular weight is 259 g/mol. The number of carbonyl (C=O) groups excluding carboxylic acids is 1. The van der Waals surface area contributed by atoms with Crippen LogP contribution < -0.4 is 10.5 Å². The predicted octanol–water partition coefficient (Wildman–Crippen LogP) is 3.51. The van der Waals surface area contributed by atoms with Crippen LogP contribution in [0.5, 0.6) is 5.75 Å². The van der Waals surface area contributed by atoms with Crippen LogP contribution in [-0.2, 0) is 0 Å². The number of esters is 1. The van der Waals surface area contributed by atoms with Crippen molar-refractivity contribution in [3.05, 3.63) is 47.2 Å². The van der Waals surface area contributed by atoms with Gasteiger partial charge in [0.05, 0.1) is 0 Å². The number of nitrogens with two attached hydrogens (primary N) is 1. The topological polar surface area (TPSA) is 65.5 Å². The van der Waals surface area contributed by atoms with E-state index >= 15 is 0 Å². The smallest absolute Gasteiger partial charge is 0.379 e. The van der Waals surface area contributed by atoms with Gasteiger partial charge in [-0.15, -0.1) is 0 Å². The number of rotatable bonds is 3. The normalized spacial score (nSPS) is 10.7. The van der Waals surface area contributed by atoms with Crippen molar-refractivity contribution < 1.29 is 13.9 Å². The van der Waals surface area contributed by atoms with Crippen LogP contribution in [-0.4, -0.2) is 5.97 Å². The number of carbonyl (C=O) groups is 1. The fourth-order valence-electron chi connectivity index (χ4n) is 1.82. The molecule has 0 aliphatic heterocycles. The first-order valence-electron chi connectivity index (χ1n) is 6.15. The van der Waals surface area contributed by atoms with Crippen molar-refractivity contribution in [1.82, 2.24) is 0 Å².